The maximum absolute atomic E-state index is 5.46. The van der Waals surface area contributed by atoms with E-state index in [0.29, 0.717) is 0 Å². The zero-order valence-corrected chi connectivity index (χ0v) is 28.2. The summed E-state index contributed by atoms with van der Waals surface area (Å²) in [7, 11) is -1.76. The SMILES string of the molecule is CC(C)(C)[P+](c1ccnn1-c1c(-c2ccccc2)nn(-c2ccccc2)c1-c1ccccc1)(C1CCCCC1)C1CCCCC1. The maximum Gasteiger partial charge on any atom is 0.186 e. The molecule has 232 valence electrons. The van der Waals surface area contributed by atoms with Crippen LogP contribution in [-0.4, -0.2) is 36.0 Å². The first-order valence-corrected chi connectivity index (χ1v) is 19.2. The van der Waals surface area contributed by atoms with Crippen molar-refractivity contribution in [1.82, 2.24) is 19.6 Å². The summed E-state index contributed by atoms with van der Waals surface area (Å²) in [5.74, 6) is 0. The molecule has 7 rings (SSSR count). The van der Waals surface area contributed by atoms with Gasteiger partial charge in [0.2, 0.25) is 0 Å². The van der Waals surface area contributed by atoms with Gasteiger partial charge in [0.05, 0.1) is 35.6 Å². The molecule has 2 fully saturated rings. The number of aromatic nitrogens is 4. The molecule has 0 unspecified atom stereocenters. The van der Waals surface area contributed by atoms with Crippen LogP contribution in [0.3, 0.4) is 0 Å². The zero-order valence-electron chi connectivity index (χ0n) is 27.3. The van der Waals surface area contributed by atoms with Crippen LogP contribution < -0.4 is 5.44 Å². The molecule has 5 heteroatoms. The Morgan fingerprint density at radius 2 is 1.11 bits per heavy atom. The van der Waals surface area contributed by atoms with Crippen LogP contribution in [0.15, 0.2) is 103 Å². The summed E-state index contributed by atoms with van der Waals surface area (Å²) in [5, 5.41) is 11.0. The second kappa shape index (κ2) is 12.7. The third-order valence-electron chi connectivity index (χ3n) is 10.6. The van der Waals surface area contributed by atoms with E-state index < -0.39 is 7.26 Å². The lowest BCUT2D eigenvalue weighted by Crippen LogP contribution is -2.46. The van der Waals surface area contributed by atoms with Gasteiger partial charge in [-0.1, -0.05) is 91.7 Å². The van der Waals surface area contributed by atoms with E-state index in [0.717, 1.165) is 45.2 Å². The minimum atomic E-state index is -1.76. The van der Waals surface area contributed by atoms with Gasteiger partial charge in [0.1, 0.15) is 17.1 Å². The average molecular weight is 616 g/mol. The van der Waals surface area contributed by atoms with Gasteiger partial charge in [-0.2, -0.15) is 14.9 Å². The smallest absolute Gasteiger partial charge is 0.186 e. The zero-order chi connectivity index (χ0) is 30.9. The first kappa shape index (κ1) is 30.2. The summed E-state index contributed by atoms with van der Waals surface area (Å²) < 4.78 is 4.57. The Hall–Kier alpha value is -3.49. The Balaban J connectivity index is 1.57. The predicted octanol–water partition coefficient (Wildman–Crippen LogP) is 10.5. The molecular weight excluding hydrogens is 567 g/mol. The van der Waals surface area contributed by atoms with Crippen LogP contribution in [0.1, 0.15) is 85.0 Å². The van der Waals surface area contributed by atoms with Crippen LogP contribution in [0.2, 0.25) is 0 Å². The minimum absolute atomic E-state index is 0.171. The predicted molar refractivity (Wildman–Crippen MR) is 192 cm³/mol. The molecule has 2 aliphatic rings. The first-order chi connectivity index (χ1) is 22.0. The van der Waals surface area contributed by atoms with Crippen LogP contribution in [0.5, 0.6) is 0 Å². The van der Waals surface area contributed by atoms with Crippen molar-refractivity contribution < 1.29 is 0 Å². The Labute approximate surface area is 270 Å². The van der Waals surface area contributed by atoms with Crippen LogP contribution >= 0.6 is 7.26 Å². The molecule has 0 aliphatic heterocycles. The van der Waals surface area contributed by atoms with Gasteiger partial charge in [-0.05, 0) is 84.3 Å². The Bertz CT molecular complexity index is 1670. The van der Waals surface area contributed by atoms with Crippen molar-refractivity contribution in [2.45, 2.75) is 101 Å². The van der Waals surface area contributed by atoms with Crippen molar-refractivity contribution >= 4 is 12.7 Å². The highest BCUT2D eigenvalue weighted by molar-refractivity contribution is 7.85. The number of rotatable bonds is 7. The number of nitrogens with zero attached hydrogens (tertiary/aromatic N) is 4. The standard InChI is InChI=1S/C40H48N4P/c1-40(2,3)45(34-25-15-7-16-26-34,35-27-17-8-18-28-35)36-29-30-41-44(36)39-37(31-19-9-4-10-20-31)42-43(33-23-13-6-14-24-33)38(39)32-21-11-5-12-22-32/h4-6,9-14,19-24,29-30,34-35H,7-8,15-18,25-28H2,1-3H3/q+1. The third kappa shape index (κ3) is 5.40. The molecule has 0 bridgehead atoms. The molecule has 5 aromatic rings. The molecule has 0 saturated heterocycles. The lowest BCUT2D eigenvalue weighted by molar-refractivity contribution is 0.470. The normalized spacial score (nSPS) is 17.0. The van der Waals surface area contributed by atoms with Crippen LogP contribution in [0, 0.1) is 0 Å². The van der Waals surface area contributed by atoms with Gasteiger partial charge in [0.25, 0.3) is 0 Å². The minimum Gasteiger partial charge on any atom is -0.230 e. The molecular formula is C40H48N4P+. The number of para-hydroxylation sites is 1. The second-order valence-electron chi connectivity index (χ2n) is 14.2. The Kier molecular flexibility index (Phi) is 8.53. The van der Waals surface area contributed by atoms with E-state index in [4.69, 9.17) is 10.2 Å². The van der Waals surface area contributed by atoms with Gasteiger partial charge in [-0.3, -0.25) is 0 Å². The first-order valence-electron chi connectivity index (χ1n) is 17.2. The lowest BCUT2D eigenvalue weighted by Gasteiger charge is -2.50. The van der Waals surface area contributed by atoms with E-state index in [1.807, 2.05) is 0 Å². The lowest BCUT2D eigenvalue weighted by atomic mass is 9.99. The van der Waals surface area contributed by atoms with Crippen molar-refractivity contribution in [3.8, 4) is 33.9 Å². The van der Waals surface area contributed by atoms with Crippen LogP contribution in [-0.2, 0) is 0 Å². The van der Waals surface area contributed by atoms with Gasteiger partial charge >= 0.3 is 0 Å². The molecule has 0 N–H and O–H groups in total. The summed E-state index contributed by atoms with van der Waals surface area (Å²) in [5.41, 5.74) is 9.52. The fraction of sp³-hybridized carbons (Fsp3) is 0.400. The number of benzene rings is 3. The Morgan fingerprint density at radius 3 is 1.64 bits per heavy atom. The molecule has 2 saturated carbocycles. The molecule has 2 aromatic heterocycles. The molecule has 0 atom stereocenters. The van der Waals surface area contributed by atoms with Gasteiger partial charge in [0.15, 0.2) is 5.44 Å². The van der Waals surface area contributed by atoms with Crippen LogP contribution in [0.25, 0.3) is 33.9 Å². The van der Waals surface area contributed by atoms with E-state index in [2.05, 4.69) is 133 Å². The molecule has 3 aromatic carbocycles. The highest BCUT2D eigenvalue weighted by Gasteiger charge is 2.63. The molecule has 2 aliphatic carbocycles. The quantitative estimate of drug-likeness (QED) is 0.171. The summed E-state index contributed by atoms with van der Waals surface area (Å²) in [4.78, 5) is 0. The second-order valence-corrected chi connectivity index (χ2v) is 19.0. The van der Waals surface area contributed by atoms with E-state index in [-0.39, 0.29) is 5.16 Å². The maximum atomic E-state index is 5.46. The fourth-order valence-electron chi connectivity index (χ4n) is 8.85. The third-order valence-corrected chi connectivity index (χ3v) is 17.2. The van der Waals surface area contributed by atoms with Crippen LogP contribution in [0.4, 0.5) is 0 Å². The van der Waals surface area contributed by atoms with Gasteiger partial charge < -0.3 is 0 Å². The summed E-state index contributed by atoms with van der Waals surface area (Å²) in [6.07, 6.45) is 15.7. The van der Waals surface area contributed by atoms with Gasteiger partial charge in [-0.25, -0.2) is 4.68 Å². The van der Waals surface area contributed by atoms with Crippen molar-refractivity contribution in [3.05, 3.63) is 103 Å². The summed E-state index contributed by atoms with van der Waals surface area (Å²) in [6.45, 7) is 7.72. The summed E-state index contributed by atoms with van der Waals surface area (Å²) in [6, 6.07) is 34.7. The average Bonchev–Trinajstić information content (AvgIpc) is 3.72. The highest BCUT2D eigenvalue weighted by Crippen LogP contribution is 2.78. The van der Waals surface area contributed by atoms with Crippen molar-refractivity contribution in [2.24, 2.45) is 0 Å². The highest BCUT2D eigenvalue weighted by atomic mass is 31.2. The monoisotopic (exact) mass is 615 g/mol. The fourth-order valence-corrected chi connectivity index (χ4v) is 16.2. The molecule has 4 nitrogen and oxygen atoms in total. The largest absolute Gasteiger partial charge is 0.230 e. The summed E-state index contributed by atoms with van der Waals surface area (Å²) >= 11 is 0. The van der Waals surface area contributed by atoms with Crippen molar-refractivity contribution in [3.63, 3.8) is 0 Å². The van der Waals surface area contributed by atoms with Gasteiger partial charge in [0, 0.05) is 17.2 Å². The number of hydrogen-bond acceptors (Lipinski definition) is 2. The molecule has 2 heterocycles. The Morgan fingerprint density at radius 1 is 0.600 bits per heavy atom. The van der Waals surface area contributed by atoms with E-state index in [1.165, 1.54) is 69.6 Å². The molecule has 0 radical (unpaired) electrons. The molecule has 0 spiro atoms. The van der Waals surface area contributed by atoms with E-state index >= 15 is 0 Å². The number of hydrogen-bond donors (Lipinski definition) is 0. The van der Waals surface area contributed by atoms with E-state index in [1.54, 1.807) is 0 Å². The topological polar surface area (TPSA) is 35.6 Å². The van der Waals surface area contributed by atoms with Crippen molar-refractivity contribution in [2.75, 3.05) is 0 Å². The van der Waals surface area contributed by atoms with Crippen molar-refractivity contribution in [1.29, 1.82) is 0 Å². The molecule has 45 heavy (non-hydrogen) atoms. The molecule has 0 amide bonds. The van der Waals surface area contributed by atoms with Gasteiger partial charge in [-0.15, -0.1) is 0 Å². The van der Waals surface area contributed by atoms with E-state index in [9.17, 15) is 0 Å².